The smallest absolute Gasteiger partial charge is 0.389 e. The summed E-state index contributed by atoms with van der Waals surface area (Å²) in [6, 6.07) is 3.38. The van der Waals surface area contributed by atoms with Gasteiger partial charge in [-0.3, -0.25) is 0 Å². The van der Waals surface area contributed by atoms with Gasteiger partial charge in [0.05, 0.1) is 12.0 Å². The maximum atomic E-state index is 12.8. The van der Waals surface area contributed by atoms with Crippen molar-refractivity contribution in [2.45, 2.75) is 32.0 Å². The lowest BCUT2D eigenvalue weighted by Crippen LogP contribution is -2.42. The molecule has 0 aromatic carbocycles. The first-order valence-corrected chi connectivity index (χ1v) is 6.34. The first-order valence-electron chi connectivity index (χ1n) is 6.34. The molecule has 1 aliphatic heterocycles. The highest BCUT2D eigenvalue weighted by Crippen LogP contribution is 2.35. The third-order valence-electron chi connectivity index (χ3n) is 3.45. The Labute approximate surface area is 110 Å². The quantitative estimate of drug-likeness (QED) is 0.900. The van der Waals surface area contributed by atoms with Crippen molar-refractivity contribution in [1.82, 2.24) is 4.98 Å². The molecule has 0 amide bonds. The van der Waals surface area contributed by atoms with Crippen LogP contribution in [-0.2, 0) is 0 Å². The van der Waals surface area contributed by atoms with Gasteiger partial charge in [-0.15, -0.1) is 0 Å². The molecule has 0 radical (unpaired) electrons. The number of pyridine rings is 1. The van der Waals surface area contributed by atoms with Gasteiger partial charge >= 0.3 is 6.18 Å². The summed E-state index contributed by atoms with van der Waals surface area (Å²) in [6.45, 7) is 2.05. The zero-order valence-electron chi connectivity index (χ0n) is 10.7. The van der Waals surface area contributed by atoms with E-state index in [0.29, 0.717) is 24.3 Å². The van der Waals surface area contributed by atoms with E-state index in [9.17, 15) is 18.3 Å². The van der Waals surface area contributed by atoms with Crippen LogP contribution in [0.2, 0.25) is 0 Å². The molecule has 2 rings (SSSR count). The minimum absolute atomic E-state index is 0.0831. The second kappa shape index (κ2) is 5.36. The van der Waals surface area contributed by atoms with Crippen LogP contribution in [0.25, 0.3) is 0 Å². The number of nitrogens with zero attached hydrogens (tertiary/aromatic N) is 2. The molecule has 2 atom stereocenters. The molecule has 0 bridgehead atoms. The number of anilines is 1. The first kappa shape index (κ1) is 14.1. The van der Waals surface area contributed by atoms with Gasteiger partial charge in [0.2, 0.25) is 0 Å². The van der Waals surface area contributed by atoms with Crippen molar-refractivity contribution < 1.29 is 18.3 Å². The Morgan fingerprint density at radius 2 is 2.21 bits per heavy atom. The molecule has 1 aliphatic rings. The Hall–Kier alpha value is -1.30. The largest absolute Gasteiger partial charge is 0.393 e. The van der Waals surface area contributed by atoms with Gasteiger partial charge in [-0.2, -0.15) is 13.2 Å². The summed E-state index contributed by atoms with van der Waals surface area (Å²) in [6.07, 6.45) is -2.72. The van der Waals surface area contributed by atoms with Gasteiger partial charge in [0, 0.05) is 24.8 Å². The van der Waals surface area contributed by atoms with E-state index < -0.39 is 18.2 Å². The second-order valence-corrected chi connectivity index (χ2v) is 4.92. The lowest BCUT2D eigenvalue weighted by atomic mass is 9.97. The Morgan fingerprint density at radius 3 is 2.84 bits per heavy atom. The molecule has 19 heavy (non-hydrogen) atoms. The summed E-state index contributed by atoms with van der Waals surface area (Å²) in [5, 5.41) is 9.67. The fourth-order valence-electron chi connectivity index (χ4n) is 2.44. The van der Waals surface area contributed by atoms with Crippen LogP contribution in [0.15, 0.2) is 18.3 Å². The molecule has 1 N–H and O–H groups in total. The van der Waals surface area contributed by atoms with Gasteiger partial charge in [-0.1, -0.05) is 6.07 Å². The second-order valence-electron chi connectivity index (χ2n) is 4.92. The summed E-state index contributed by atoms with van der Waals surface area (Å²) in [5.41, 5.74) is 0.574. The SMILES string of the molecule is C[C@H](O)c1cccnc1N1CCCC(C(F)(F)F)C1. The molecule has 1 aromatic heterocycles. The summed E-state index contributed by atoms with van der Waals surface area (Å²) in [5.74, 6) is -0.850. The highest BCUT2D eigenvalue weighted by Gasteiger charge is 2.42. The first-order chi connectivity index (χ1) is 8.89. The molecule has 2 heterocycles. The maximum absolute atomic E-state index is 12.8. The van der Waals surface area contributed by atoms with Crippen LogP contribution in [0.1, 0.15) is 31.4 Å². The van der Waals surface area contributed by atoms with Crippen LogP contribution in [0.5, 0.6) is 0 Å². The van der Waals surface area contributed by atoms with E-state index in [-0.39, 0.29) is 13.0 Å². The normalized spacial score (nSPS) is 22.4. The highest BCUT2D eigenvalue weighted by molar-refractivity contribution is 5.48. The number of piperidine rings is 1. The summed E-state index contributed by atoms with van der Waals surface area (Å²) in [7, 11) is 0. The number of hydrogen-bond acceptors (Lipinski definition) is 3. The van der Waals surface area contributed by atoms with Gasteiger partial charge in [0.1, 0.15) is 5.82 Å². The lowest BCUT2D eigenvalue weighted by Gasteiger charge is -2.35. The fourth-order valence-corrected chi connectivity index (χ4v) is 2.44. The van der Waals surface area contributed by atoms with Crippen molar-refractivity contribution in [1.29, 1.82) is 0 Å². The number of alkyl halides is 3. The number of halogens is 3. The predicted molar refractivity (Wildman–Crippen MR) is 65.9 cm³/mol. The standard InChI is InChI=1S/C13H17F3N2O/c1-9(19)11-5-2-6-17-12(11)18-7-3-4-10(8-18)13(14,15)16/h2,5-6,9-10,19H,3-4,7-8H2,1H3/t9-,10?/m0/s1. The van der Waals surface area contributed by atoms with Crippen molar-refractivity contribution in [3.8, 4) is 0 Å². The molecule has 1 saturated heterocycles. The van der Waals surface area contributed by atoms with Gasteiger partial charge in [0.15, 0.2) is 0 Å². The number of aliphatic hydroxyl groups is 1. The molecule has 1 unspecified atom stereocenters. The Balaban J connectivity index is 2.22. The molecular formula is C13H17F3N2O. The molecule has 106 valence electrons. The van der Waals surface area contributed by atoms with Crippen molar-refractivity contribution >= 4 is 5.82 Å². The lowest BCUT2D eigenvalue weighted by molar-refractivity contribution is -0.176. The minimum atomic E-state index is -4.17. The van der Waals surface area contributed by atoms with Crippen LogP contribution >= 0.6 is 0 Å². The molecular weight excluding hydrogens is 257 g/mol. The van der Waals surface area contributed by atoms with Gasteiger partial charge in [-0.05, 0) is 25.8 Å². The van der Waals surface area contributed by atoms with Gasteiger partial charge < -0.3 is 10.0 Å². The van der Waals surface area contributed by atoms with E-state index in [2.05, 4.69) is 4.98 Å². The van der Waals surface area contributed by atoms with E-state index in [4.69, 9.17) is 0 Å². The average molecular weight is 274 g/mol. The predicted octanol–water partition coefficient (Wildman–Crippen LogP) is 2.91. The number of aromatic nitrogens is 1. The van der Waals surface area contributed by atoms with Crippen molar-refractivity contribution in [3.05, 3.63) is 23.9 Å². The van der Waals surface area contributed by atoms with E-state index in [1.165, 1.54) is 0 Å². The Kier molecular flexibility index (Phi) is 3.99. The van der Waals surface area contributed by atoms with Crippen molar-refractivity contribution in [3.63, 3.8) is 0 Å². The summed E-state index contributed by atoms with van der Waals surface area (Å²) >= 11 is 0. The van der Waals surface area contributed by atoms with Gasteiger partial charge in [-0.25, -0.2) is 4.98 Å². The Morgan fingerprint density at radius 1 is 1.47 bits per heavy atom. The van der Waals surface area contributed by atoms with E-state index in [0.717, 1.165) is 0 Å². The average Bonchev–Trinajstić information content (AvgIpc) is 2.38. The van der Waals surface area contributed by atoms with Crippen LogP contribution in [0, 0.1) is 5.92 Å². The van der Waals surface area contributed by atoms with E-state index >= 15 is 0 Å². The minimum Gasteiger partial charge on any atom is -0.389 e. The number of hydrogen-bond donors (Lipinski definition) is 1. The van der Waals surface area contributed by atoms with Crippen molar-refractivity contribution in [2.24, 2.45) is 5.92 Å². The molecule has 3 nitrogen and oxygen atoms in total. The van der Waals surface area contributed by atoms with Crippen LogP contribution in [0.3, 0.4) is 0 Å². The van der Waals surface area contributed by atoms with Crippen LogP contribution < -0.4 is 4.90 Å². The molecule has 1 fully saturated rings. The van der Waals surface area contributed by atoms with E-state index in [1.54, 1.807) is 30.2 Å². The van der Waals surface area contributed by atoms with Crippen LogP contribution in [-0.4, -0.2) is 29.4 Å². The zero-order valence-corrected chi connectivity index (χ0v) is 10.7. The fraction of sp³-hybridized carbons (Fsp3) is 0.615. The number of rotatable bonds is 2. The van der Waals surface area contributed by atoms with Crippen molar-refractivity contribution in [2.75, 3.05) is 18.0 Å². The van der Waals surface area contributed by atoms with E-state index in [1.807, 2.05) is 0 Å². The van der Waals surface area contributed by atoms with Crippen LogP contribution in [0.4, 0.5) is 19.0 Å². The molecule has 6 heteroatoms. The summed E-state index contributed by atoms with van der Waals surface area (Å²) < 4.78 is 38.4. The molecule has 0 aliphatic carbocycles. The molecule has 0 saturated carbocycles. The summed E-state index contributed by atoms with van der Waals surface area (Å²) in [4.78, 5) is 5.77. The molecule has 0 spiro atoms. The topological polar surface area (TPSA) is 36.4 Å². The third kappa shape index (κ3) is 3.18. The molecule has 1 aromatic rings. The highest BCUT2D eigenvalue weighted by atomic mass is 19.4. The van der Waals surface area contributed by atoms with Gasteiger partial charge in [0.25, 0.3) is 0 Å². The third-order valence-corrected chi connectivity index (χ3v) is 3.45. The number of aliphatic hydroxyl groups excluding tert-OH is 1. The maximum Gasteiger partial charge on any atom is 0.393 e. The Bertz CT molecular complexity index is 434. The zero-order chi connectivity index (χ0) is 14.0. The monoisotopic (exact) mass is 274 g/mol.